The molecule has 9 nitrogen and oxygen atoms in total. The van der Waals surface area contributed by atoms with Gasteiger partial charge in [0, 0.05) is 55.7 Å². The fourth-order valence-corrected chi connectivity index (χ4v) is 4.26. The minimum atomic E-state index is -0.136. The van der Waals surface area contributed by atoms with Crippen LogP contribution in [0.4, 0.5) is 17.2 Å². The van der Waals surface area contributed by atoms with Gasteiger partial charge in [0.05, 0.1) is 29.9 Å². The topological polar surface area (TPSA) is 92.5 Å². The van der Waals surface area contributed by atoms with Crippen LogP contribution >= 0.6 is 0 Å². The van der Waals surface area contributed by atoms with Crippen LogP contribution in [0.25, 0.3) is 27.9 Å². The molecule has 9 heteroatoms. The average Bonchev–Trinajstić information content (AvgIpc) is 3.44. The Balaban J connectivity index is 1.35. The van der Waals surface area contributed by atoms with Crippen molar-refractivity contribution in [3.63, 3.8) is 0 Å². The number of aromatic nitrogens is 5. The van der Waals surface area contributed by atoms with Gasteiger partial charge in [-0.1, -0.05) is 6.07 Å². The van der Waals surface area contributed by atoms with Crippen LogP contribution in [0.5, 0.6) is 0 Å². The van der Waals surface area contributed by atoms with E-state index in [0.29, 0.717) is 5.82 Å². The van der Waals surface area contributed by atoms with Crippen LogP contribution < -0.4 is 15.9 Å². The zero-order valence-electron chi connectivity index (χ0n) is 18.2. The summed E-state index contributed by atoms with van der Waals surface area (Å²) in [7, 11) is 1.75. The van der Waals surface area contributed by atoms with Crippen molar-refractivity contribution in [2.24, 2.45) is 7.05 Å². The third kappa shape index (κ3) is 3.52. The van der Waals surface area contributed by atoms with Crippen molar-refractivity contribution in [3.05, 3.63) is 71.5 Å². The Morgan fingerprint density at radius 3 is 2.73 bits per heavy atom. The molecule has 0 aliphatic carbocycles. The predicted octanol–water partition coefficient (Wildman–Crippen LogP) is 3.16. The summed E-state index contributed by atoms with van der Waals surface area (Å²) in [5, 5.41) is 3.42. The second-order valence-corrected chi connectivity index (χ2v) is 8.13. The molecule has 1 fully saturated rings. The van der Waals surface area contributed by atoms with Gasteiger partial charge in [0.1, 0.15) is 0 Å². The van der Waals surface area contributed by atoms with E-state index in [4.69, 9.17) is 9.72 Å². The van der Waals surface area contributed by atoms with E-state index in [1.165, 1.54) is 5.69 Å². The molecule has 33 heavy (non-hydrogen) atoms. The standard InChI is InChI=1S/C24H23N7O2/c1-29-21-7-2-16(14-19(21)28-24(29)32)20-15-31-9-8-25-23(31)22(27-20)26-17-3-5-18(6-4-17)30-10-12-33-13-11-30/h2-9,14-15H,10-13H2,1H3,(H,26,27)(H,28,32). The van der Waals surface area contributed by atoms with E-state index in [2.05, 4.69) is 44.5 Å². The average molecular weight is 441 g/mol. The van der Waals surface area contributed by atoms with Gasteiger partial charge in [-0.05, 0) is 36.4 Å². The van der Waals surface area contributed by atoms with Crippen LogP contribution in [0.1, 0.15) is 0 Å². The number of aromatic amines is 1. The van der Waals surface area contributed by atoms with Crippen LogP contribution in [-0.4, -0.2) is 50.2 Å². The summed E-state index contributed by atoms with van der Waals surface area (Å²) in [6.45, 7) is 3.33. The summed E-state index contributed by atoms with van der Waals surface area (Å²) < 4.78 is 8.99. The molecular formula is C24H23N7O2. The van der Waals surface area contributed by atoms with Gasteiger partial charge >= 0.3 is 5.69 Å². The molecule has 1 saturated heterocycles. The Morgan fingerprint density at radius 2 is 1.91 bits per heavy atom. The number of nitrogens with zero attached hydrogens (tertiary/aromatic N) is 5. The fraction of sp³-hybridized carbons (Fsp3) is 0.208. The Bertz CT molecular complexity index is 1510. The van der Waals surface area contributed by atoms with Crippen molar-refractivity contribution in [1.82, 2.24) is 23.9 Å². The van der Waals surface area contributed by atoms with E-state index < -0.39 is 0 Å². The van der Waals surface area contributed by atoms with Crippen LogP contribution in [0.3, 0.4) is 0 Å². The predicted molar refractivity (Wildman–Crippen MR) is 128 cm³/mol. The lowest BCUT2D eigenvalue weighted by Crippen LogP contribution is -2.36. The fourth-order valence-electron chi connectivity index (χ4n) is 4.26. The first-order valence-corrected chi connectivity index (χ1v) is 10.9. The third-order valence-electron chi connectivity index (χ3n) is 6.08. The van der Waals surface area contributed by atoms with E-state index in [-0.39, 0.29) is 5.69 Å². The number of aryl methyl sites for hydroxylation is 1. The van der Waals surface area contributed by atoms with E-state index in [1.807, 2.05) is 35.0 Å². The molecule has 0 unspecified atom stereocenters. The number of morpholine rings is 1. The molecule has 0 bridgehead atoms. The second-order valence-electron chi connectivity index (χ2n) is 8.13. The van der Waals surface area contributed by atoms with E-state index in [9.17, 15) is 4.79 Å². The minimum Gasteiger partial charge on any atom is -0.378 e. The molecule has 0 atom stereocenters. The summed E-state index contributed by atoms with van der Waals surface area (Å²) in [4.78, 5) is 26.5. The maximum Gasteiger partial charge on any atom is 0.326 e. The van der Waals surface area contributed by atoms with Gasteiger partial charge in [-0.2, -0.15) is 0 Å². The maximum absolute atomic E-state index is 12.0. The van der Waals surface area contributed by atoms with Crippen LogP contribution in [0.15, 0.2) is 65.8 Å². The monoisotopic (exact) mass is 441 g/mol. The maximum atomic E-state index is 12.0. The number of anilines is 3. The lowest BCUT2D eigenvalue weighted by molar-refractivity contribution is 0.122. The van der Waals surface area contributed by atoms with E-state index in [1.54, 1.807) is 17.8 Å². The molecule has 0 amide bonds. The molecule has 3 aromatic heterocycles. The van der Waals surface area contributed by atoms with Gasteiger partial charge in [-0.3, -0.25) is 4.57 Å². The number of nitrogens with one attached hydrogen (secondary N) is 2. The molecular weight excluding hydrogens is 418 g/mol. The first kappa shape index (κ1) is 19.6. The molecule has 0 radical (unpaired) electrons. The molecule has 5 aromatic rings. The Morgan fingerprint density at radius 1 is 1.09 bits per heavy atom. The lowest BCUT2D eigenvalue weighted by atomic mass is 10.1. The van der Waals surface area contributed by atoms with Crippen molar-refractivity contribution in [2.75, 3.05) is 36.5 Å². The van der Waals surface area contributed by atoms with Gasteiger partial charge in [0.15, 0.2) is 11.5 Å². The molecule has 0 saturated carbocycles. The molecule has 1 aliphatic rings. The quantitative estimate of drug-likeness (QED) is 0.445. The first-order valence-electron chi connectivity index (χ1n) is 10.9. The lowest BCUT2D eigenvalue weighted by Gasteiger charge is -2.28. The number of benzene rings is 2. The largest absolute Gasteiger partial charge is 0.378 e. The van der Waals surface area contributed by atoms with Crippen molar-refractivity contribution in [3.8, 4) is 11.3 Å². The molecule has 166 valence electrons. The summed E-state index contributed by atoms with van der Waals surface area (Å²) >= 11 is 0. The van der Waals surface area contributed by atoms with Gasteiger partial charge in [0.2, 0.25) is 0 Å². The second kappa shape index (κ2) is 7.79. The molecule has 2 aromatic carbocycles. The third-order valence-corrected chi connectivity index (χ3v) is 6.08. The number of hydrogen-bond donors (Lipinski definition) is 2. The molecule has 1 aliphatic heterocycles. The number of ether oxygens (including phenoxy) is 1. The van der Waals surface area contributed by atoms with Gasteiger partial charge in [-0.25, -0.2) is 14.8 Å². The number of imidazole rings is 2. The Kier molecular flexibility index (Phi) is 4.62. The van der Waals surface area contributed by atoms with Crippen molar-refractivity contribution in [1.29, 1.82) is 0 Å². The molecule has 4 heterocycles. The van der Waals surface area contributed by atoms with Gasteiger partial charge in [0.25, 0.3) is 0 Å². The smallest absolute Gasteiger partial charge is 0.326 e. The molecule has 0 spiro atoms. The van der Waals surface area contributed by atoms with Gasteiger partial charge in [-0.15, -0.1) is 0 Å². The van der Waals surface area contributed by atoms with Crippen molar-refractivity contribution >= 4 is 33.9 Å². The number of rotatable bonds is 4. The van der Waals surface area contributed by atoms with Gasteiger partial charge < -0.3 is 24.3 Å². The van der Waals surface area contributed by atoms with Crippen LogP contribution in [0, 0.1) is 0 Å². The van der Waals surface area contributed by atoms with Crippen LogP contribution in [0.2, 0.25) is 0 Å². The summed E-state index contributed by atoms with van der Waals surface area (Å²) in [6.07, 6.45) is 5.60. The number of fused-ring (bicyclic) bond motifs is 2. The first-order chi connectivity index (χ1) is 16.2. The van der Waals surface area contributed by atoms with E-state index in [0.717, 1.165) is 59.9 Å². The zero-order chi connectivity index (χ0) is 22.4. The highest BCUT2D eigenvalue weighted by molar-refractivity contribution is 5.82. The normalized spacial score (nSPS) is 14.3. The van der Waals surface area contributed by atoms with Crippen molar-refractivity contribution in [2.45, 2.75) is 0 Å². The Labute approximate surface area is 189 Å². The highest BCUT2D eigenvalue weighted by Crippen LogP contribution is 2.27. The highest BCUT2D eigenvalue weighted by atomic mass is 16.5. The van der Waals surface area contributed by atoms with E-state index >= 15 is 0 Å². The number of H-pyrrole nitrogens is 1. The van der Waals surface area contributed by atoms with Crippen LogP contribution in [-0.2, 0) is 11.8 Å². The van der Waals surface area contributed by atoms with Crippen molar-refractivity contribution < 1.29 is 4.74 Å². The molecule has 6 rings (SSSR count). The minimum absolute atomic E-state index is 0.136. The highest BCUT2D eigenvalue weighted by Gasteiger charge is 2.13. The SMILES string of the molecule is Cn1c(=O)[nH]c2cc(-c3cn4ccnc4c(Nc4ccc(N5CCOCC5)cc4)n3)ccc21. The summed E-state index contributed by atoms with van der Waals surface area (Å²) in [6, 6.07) is 14.2. The number of hydrogen-bond acceptors (Lipinski definition) is 6. The zero-order valence-corrected chi connectivity index (χ0v) is 18.2. The summed E-state index contributed by atoms with van der Waals surface area (Å²) in [5.41, 5.74) is 6.04. The summed E-state index contributed by atoms with van der Waals surface area (Å²) in [5.74, 6) is 0.665. The molecule has 2 N–H and O–H groups in total. The Hall–Kier alpha value is -4.11.